The van der Waals surface area contributed by atoms with E-state index in [1.54, 1.807) is 0 Å². The Hall–Kier alpha value is -1.22. The molecule has 18 heavy (non-hydrogen) atoms. The van der Waals surface area contributed by atoms with Gasteiger partial charge in [-0.1, -0.05) is 18.9 Å². The molecule has 1 saturated carbocycles. The molecule has 4 heteroatoms. The molecule has 0 amide bonds. The van der Waals surface area contributed by atoms with Crippen LogP contribution in [0.4, 0.5) is 5.82 Å². The highest BCUT2D eigenvalue weighted by Gasteiger charge is 2.24. The lowest BCUT2D eigenvalue weighted by molar-refractivity contribution is 0.352. The minimum absolute atomic E-state index is 0.490. The van der Waals surface area contributed by atoms with Crippen molar-refractivity contribution in [3.05, 3.63) is 30.6 Å². The smallest absolute Gasteiger partial charge is 0.138 e. The zero-order chi connectivity index (χ0) is 12.4. The molecule has 0 aliphatic heterocycles. The summed E-state index contributed by atoms with van der Waals surface area (Å²) in [5.74, 6) is 2.45. The highest BCUT2D eigenvalue weighted by Crippen LogP contribution is 2.28. The van der Waals surface area contributed by atoms with Gasteiger partial charge in [-0.2, -0.15) is 0 Å². The first-order valence-electron chi connectivity index (χ1n) is 6.63. The highest BCUT2D eigenvalue weighted by molar-refractivity contribution is 6.18. The number of anilines is 1. The number of imidazole rings is 1. The summed E-state index contributed by atoms with van der Waals surface area (Å²) >= 11 is 6.08. The largest absolute Gasteiger partial charge is 0.368 e. The molecule has 96 valence electrons. The van der Waals surface area contributed by atoms with Crippen LogP contribution >= 0.6 is 11.6 Å². The summed E-state index contributed by atoms with van der Waals surface area (Å²) in [6.07, 6.45) is 8.88. The molecule has 0 aromatic carbocycles. The Morgan fingerprint density at radius 2 is 2.22 bits per heavy atom. The lowest BCUT2D eigenvalue weighted by atomic mass is 9.86. The topological polar surface area (TPSA) is 29.3 Å². The van der Waals surface area contributed by atoms with Crippen LogP contribution in [0.1, 0.15) is 25.7 Å². The maximum atomic E-state index is 6.08. The molecule has 2 unspecified atom stereocenters. The van der Waals surface area contributed by atoms with Gasteiger partial charge in [0.25, 0.3) is 0 Å². The number of nitrogens with one attached hydrogen (secondary N) is 1. The van der Waals surface area contributed by atoms with Gasteiger partial charge in [0.15, 0.2) is 0 Å². The van der Waals surface area contributed by atoms with Crippen molar-refractivity contribution in [3.8, 4) is 0 Å². The molecule has 1 aliphatic carbocycles. The Kier molecular flexibility index (Phi) is 3.41. The molecule has 2 heterocycles. The van der Waals surface area contributed by atoms with Crippen molar-refractivity contribution in [1.29, 1.82) is 0 Å². The molecule has 3 nitrogen and oxygen atoms in total. The van der Waals surface area contributed by atoms with E-state index in [9.17, 15) is 0 Å². The van der Waals surface area contributed by atoms with Gasteiger partial charge in [0.05, 0.1) is 0 Å². The zero-order valence-electron chi connectivity index (χ0n) is 10.3. The molecule has 0 saturated heterocycles. The molecule has 2 aromatic heterocycles. The molecule has 1 N–H and O–H groups in total. The summed E-state index contributed by atoms with van der Waals surface area (Å²) in [5.41, 5.74) is 0.984. The fourth-order valence-electron chi connectivity index (χ4n) is 2.84. The summed E-state index contributed by atoms with van der Waals surface area (Å²) in [6.45, 7) is 0. The molecule has 3 rings (SSSR count). The summed E-state index contributed by atoms with van der Waals surface area (Å²) in [5, 5.41) is 3.65. The highest BCUT2D eigenvalue weighted by atomic mass is 35.5. The van der Waals surface area contributed by atoms with Crippen molar-refractivity contribution in [2.75, 3.05) is 11.2 Å². The predicted octanol–water partition coefficient (Wildman–Crippen LogP) is 3.54. The van der Waals surface area contributed by atoms with Gasteiger partial charge in [-0.25, -0.2) is 4.98 Å². The quantitative estimate of drug-likeness (QED) is 0.859. The second-order valence-electron chi connectivity index (χ2n) is 5.02. The number of hydrogen-bond acceptors (Lipinski definition) is 2. The van der Waals surface area contributed by atoms with Gasteiger partial charge < -0.3 is 5.32 Å². The molecule has 1 fully saturated rings. The summed E-state index contributed by atoms with van der Waals surface area (Å²) < 4.78 is 2.10. The lowest BCUT2D eigenvalue weighted by Crippen LogP contribution is -2.33. The number of rotatable bonds is 3. The van der Waals surface area contributed by atoms with Crippen molar-refractivity contribution in [1.82, 2.24) is 9.38 Å². The van der Waals surface area contributed by atoms with E-state index in [2.05, 4.69) is 20.8 Å². The van der Waals surface area contributed by atoms with Crippen molar-refractivity contribution in [3.63, 3.8) is 0 Å². The second-order valence-corrected chi connectivity index (χ2v) is 5.32. The van der Waals surface area contributed by atoms with E-state index in [4.69, 9.17) is 11.6 Å². The number of aromatic nitrogens is 2. The minimum atomic E-state index is 0.490. The molecular weight excluding hydrogens is 246 g/mol. The number of hydrogen-bond donors (Lipinski definition) is 1. The van der Waals surface area contributed by atoms with E-state index in [-0.39, 0.29) is 0 Å². The van der Waals surface area contributed by atoms with E-state index in [1.807, 2.05) is 24.5 Å². The van der Waals surface area contributed by atoms with Crippen LogP contribution in [0.15, 0.2) is 30.6 Å². The number of fused-ring (bicyclic) bond motifs is 1. The van der Waals surface area contributed by atoms with Crippen LogP contribution in [0, 0.1) is 5.92 Å². The average Bonchev–Trinajstić information content (AvgIpc) is 2.89. The predicted molar refractivity (Wildman–Crippen MR) is 75.3 cm³/mol. The minimum Gasteiger partial charge on any atom is -0.368 e. The summed E-state index contributed by atoms with van der Waals surface area (Å²) in [4.78, 5) is 4.31. The Bertz CT molecular complexity index is 522. The monoisotopic (exact) mass is 263 g/mol. The standard InChI is InChI=1S/C14H18ClN3/c15-10-11-4-1-2-5-12(11)17-14-7-3-6-13-16-8-9-18(13)14/h3,6-9,11-12,17H,1-2,4-5,10H2. The number of halogens is 1. The first-order valence-corrected chi connectivity index (χ1v) is 7.16. The van der Waals surface area contributed by atoms with Gasteiger partial charge in [0, 0.05) is 24.3 Å². The van der Waals surface area contributed by atoms with Gasteiger partial charge in [-0.3, -0.25) is 4.40 Å². The van der Waals surface area contributed by atoms with Crippen LogP contribution < -0.4 is 5.32 Å². The Morgan fingerprint density at radius 1 is 1.33 bits per heavy atom. The Labute approximate surface area is 112 Å². The Morgan fingerprint density at radius 3 is 3.11 bits per heavy atom. The van der Waals surface area contributed by atoms with Gasteiger partial charge in [-0.05, 0) is 30.9 Å². The summed E-state index contributed by atoms with van der Waals surface area (Å²) in [6, 6.07) is 6.66. The normalized spacial score (nSPS) is 24.3. The van der Waals surface area contributed by atoms with Crippen molar-refractivity contribution >= 4 is 23.1 Å². The van der Waals surface area contributed by atoms with E-state index >= 15 is 0 Å². The first-order chi connectivity index (χ1) is 8.88. The first kappa shape index (κ1) is 11.8. The third-order valence-corrected chi connectivity index (χ3v) is 4.27. The maximum absolute atomic E-state index is 6.08. The van der Waals surface area contributed by atoms with Crippen LogP contribution in [-0.2, 0) is 0 Å². The molecule has 0 radical (unpaired) electrons. The van der Waals surface area contributed by atoms with Gasteiger partial charge in [0.1, 0.15) is 11.5 Å². The average molecular weight is 264 g/mol. The molecular formula is C14H18ClN3. The number of pyridine rings is 1. The summed E-state index contributed by atoms with van der Waals surface area (Å²) in [7, 11) is 0. The second kappa shape index (κ2) is 5.19. The van der Waals surface area contributed by atoms with Crippen LogP contribution in [0.2, 0.25) is 0 Å². The van der Waals surface area contributed by atoms with Gasteiger partial charge in [0.2, 0.25) is 0 Å². The van der Waals surface area contributed by atoms with Crippen LogP contribution in [-0.4, -0.2) is 21.3 Å². The van der Waals surface area contributed by atoms with Crippen molar-refractivity contribution in [2.45, 2.75) is 31.7 Å². The maximum Gasteiger partial charge on any atom is 0.138 e. The van der Waals surface area contributed by atoms with Gasteiger partial charge >= 0.3 is 0 Å². The van der Waals surface area contributed by atoms with E-state index < -0.39 is 0 Å². The van der Waals surface area contributed by atoms with E-state index in [1.165, 1.54) is 25.7 Å². The fourth-order valence-corrected chi connectivity index (χ4v) is 3.21. The van der Waals surface area contributed by atoms with E-state index in [0.717, 1.165) is 17.3 Å². The van der Waals surface area contributed by atoms with Crippen molar-refractivity contribution < 1.29 is 0 Å². The van der Waals surface area contributed by atoms with Crippen molar-refractivity contribution in [2.24, 2.45) is 5.92 Å². The third kappa shape index (κ3) is 2.19. The fraction of sp³-hybridized carbons (Fsp3) is 0.500. The third-order valence-electron chi connectivity index (χ3n) is 3.87. The lowest BCUT2D eigenvalue weighted by Gasteiger charge is -2.31. The van der Waals surface area contributed by atoms with E-state index in [0.29, 0.717) is 12.0 Å². The van der Waals surface area contributed by atoms with Crippen LogP contribution in [0.3, 0.4) is 0 Å². The molecule has 0 spiro atoms. The molecule has 1 aliphatic rings. The van der Waals surface area contributed by atoms with Gasteiger partial charge in [-0.15, -0.1) is 11.6 Å². The molecule has 0 bridgehead atoms. The molecule has 2 atom stereocenters. The Balaban J connectivity index is 1.84. The SMILES string of the molecule is ClCC1CCCCC1Nc1cccc2nccn12. The number of alkyl halides is 1. The van der Waals surface area contributed by atoms with Crippen LogP contribution in [0.25, 0.3) is 5.65 Å². The molecule has 2 aromatic rings. The number of nitrogens with zero attached hydrogens (tertiary/aromatic N) is 2. The van der Waals surface area contributed by atoms with Crippen LogP contribution in [0.5, 0.6) is 0 Å². The zero-order valence-corrected chi connectivity index (χ0v) is 11.1.